The molecule has 5 atom stereocenters. The van der Waals surface area contributed by atoms with E-state index in [4.69, 9.17) is 0 Å². The van der Waals surface area contributed by atoms with Gasteiger partial charge in [0.05, 0.1) is 0 Å². The Bertz CT molecular complexity index is 1030. The van der Waals surface area contributed by atoms with Crippen LogP contribution in [0, 0.1) is 28.6 Å². The van der Waals surface area contributed by atoms with Crippen molar-refractivity contribution in [1.29, 1.82) is 0 Å². The van der Waals surface area contributed by atoms with Gasteiger partial charge in [0.15, 0.2) is 5.78 Å². The van der Waals surface area contributed by atoms with E-state index in [1.165, 1.54) is 18.2 Å². The number of nitrogens with one attached hydrogen (secondary N) is 1. The van der Waals surface area contributed by atoms with E-state index in [0.717, 1.165) is 25.7 Å². The maximum Gasteiger partial charge on any atom is 0.270 e. The Morgan fingerprint density at radius 3 is 2.39 bits per heavy atom. The number of aromatic nitrogens is 1. The molecule has 0 saturated heterocycles. The summed E-state index contributed by atoms with van der Waals surface area (Å²) >= 11 is 0. The van der Waals surface area contributed by atoms with Crippen LogP contribution in [0.3, 0.4) is 0 Å². The van der Waals surface area contributed by atoms with Crippen molar-refractivity contribution >= 4 is 11.7 Å². The second kappa shape index (κ2) is 8.47. The van der Waals surface area contributed by atoms with Gasteiger partial charge in [0.2, 0.25) is 0 Å². The molecule has 2 aromatic rings. The molecule has 1 aromatic carbocycles. The van der Waals surface area contributed by atoms with E-state index in [0.29, 0.717) is 11.3 Å². The van der Waals surface area contributed by atoms with Crippen LogP contribution in [-0.2, 0) is 0 Å². The quantitative estimate of drug-likeness (QED) is 0.572. The molecular weight excluding hydrogens is 416 g/mol. The lowest BCUT2D eigenvalue weighted by atomic mass is 9.45. The van der Waals surface area contributed by atoms with Gasteiger partial charge in [-0.3, -0.25) is 14.6 Å². The van der Waals surface area contributed by atoms with Gasteiger partial charge in [-0.2, -0.15) is 0 Å². The predicted molar refractivity (Wildman–Crippen MR) is 126 cm³/mol. The van der Waals surface area contributed by atoms with E-state index in [2.05, 4.69) is 31.1 Å². The third kappa shape index (κ3) is 4.23. The number of phenols is 2. The van der Waals surface area contributed by atoms with Crippen LogP contribution in [0.15, 0.2) is 42.6 Å². The van der Waals surface area contributed by atoms with E-state index in [-0.39, 0.29) is 57.8 Å². The second-order valence-corrected chi connectivity index (χ2v) is 10.9. The number of pyridine rings is 1. The normalized spacial score (nSPS) is 30.8. The summed E-state index contributed by atoms with van der Waals surface area (Å²) in [4.78, 5) is 31.1. The first-order chi connectivity index (χ1) is 15.5. The van der Waals surface area contributed by atoms with Crippen LogP contribution in [-0.4, -0.2) is 32.9 Å². The Hall–Kier alpha value is -2.89. The maximum absolute atomic E-state index is 13.9. The number of fused-ring (bicyclic) bond motifs is 1. The van der Waals surface area contributed by atoms with Crippen LogP contribution >= 0.6 is 0 Å². The Morgan fingerprint density at radius 1 is 1.06 bits per heavy atom. The molecular formula is C27H34N2O4. The number of rotatable bonds is 4. The van der Waals surface area contributed by atoms with Gasteiger partial charge in [0, 0.05) is 29.8 Å². The van der Waals surface area contributed by atoms with Gasteiger partial charge in [-0.25, -0.2) is 0 Å². The SMILES string of the molecule is C[C@@H]1[C@H](NC(=O)c2ccccn2)C[C@H]2C(C)(C)CCC[C@]2(C)[C@H]1C(=O)c1cc(O)cc(O)c1. The van der Waals surface area contributed by atoms with Crippen LogP contribution in [0.25, 0.3) is 0 Å². The third-order valence-electron chi connectivity index (χ3n) is 8.32. The number of hydrogen-bond acceptors (Lipinski definition) is 5. The first-order valence-electron chi connectivity index (χ1n) is 11.8. The number of benzene rings is 1. The van der Waals surface area contributed by atoms with Crippen LogP contribution in [0.1, 0.15) is 74.2 Å². The van der Waals surface area contributed by atoms with Crippen molar-refractivity contribution in [2.45, 2.75) is 59.4 Å². The molecule has 0 bridgehead atoms. The van der Waals surface area contributed by atoms with Gasteiger partial charge >= 0.3 is 0 Å². The summed E-state index contributed by atoms with van der Waals surface area (Å²) in [6.07, 6.45) is 5.47. The molecule has 2 saturated carbocycles. The molecule has 0 spiro atoms. The maximum atomic E-state index is 13.9. The molecule has 0 aliphatic heterocycles. The van der Waals surface area contributed by atoms with E-state index < -0.39 is 0 Å². The Labute approximate surface area is 195 Å². The number of ketones is 1. The van der Waals surface area contributed by atoms with Gasteiger partial charge < -0.3 is 15.5 Å². The average molecular weight is 451 g/mol. The molecule has 1 heterocycles. The molecule has 2 aliphatic carbocycles. The van der Waals surface area contributed by atoms with Gasteiger partial charge in [0.1, 0.15) is 17.2 Å². The first kappa shape index (κ1) is 23.3. The smallest absolute Gasteiger partial charge is 0.270 e. The highest BCUT2D eigenvalue weighted by molar-refractivity contribution is 5.99. The summed E-state index contributed by atoms with van der Waals surface area (Å²) in [7, 11) is 0. The molecule has 1 amide bonds. The van der Waals surface area contributed by atoms with Crippen LogP contribution < -0.4 is 5.32 Å². The fourth-order valence-corrected chi connectivity index (χ4v) is 6.81. The zero-order valence-corrected chi connectivity index (χ0v) is 19.8. The lowest BCUT2D eigenvalue weighted by molar-refractivity contribution is -0.0902. The number of Topliss-reactive ketones (excluding diaryl/α,β-unsaturated/α-hetero) is 1. The van der Waals surface area contributed by atoms with E-state index in [1.54, 1.807) is 24.4 Å². The molecule has 3 N–H and O–H groups in total. The molecule has 6 nitrogen and oxygen atoms in total. The number of amides is 1. The van der Waals surface area contributed by atoms with Crippen molar-refractivity contribution in [2.75, 3.05) is 0 Å². The van der Waals surface area contributed by atoms with Gasteiger partial charge in [-0.1, -0.05) is 40.2 Å². The fraction of sp³-hybridized carbons (Fsp3) is 0.519. The Balaban J connectivity index is 1.73. The van der Waals surface area contributed by atoms with Crippen LogP contribution in [0.2, 0.25) is 0 Å². The van der Waals surface area contributed by atoms with E-state index >= 15 is 0 Å². The summed E-state index contributed by atoms with van der Waals surface area (Å²) in [6, 6.07) is 9.15. The standard InChI is InChI=1S/C27H34N2O4/c1-16-21(29-25(33)20-8-5-6-11-28-20)15-22-26(2,3)9-7-10-27(22,4)23(16)24(32)17-12-18(30)14-19(31)13-17/h5-6,8,11-14,16,21-23,30-31H,7,9-10,15H2,1-4H3,(H,29,33)/t16-,21-,22+,23-,27+/m1/s1. The van der Waals surface area contributed by atoms with Crippen LogP contribution in [0.5, 0.6) is 11.5 Å². The van der Waals surface area contributed by atoms with Crippen molar-refractivity contribution in [3.63, 3.8) is 0 Å². The average Bonchev–Trinajstić information content (AvgIpc) is 2.74. The second-order valence-electron chi connectivity index (χ2n) is 10.9. The Morgan fingerprint density at radius 2 is 1.76 bits per heavy atom. The monoisotopic (exact) mass is 450 g/mol. The van der Waals surface area contributed by atoms with Gasteiger partial charge in [-0.15, -0.1) is 0 Å². The fourth-order valence-electron chi connectivity index (χ4n) is 6.81. The zero-order valence-electron chi connectivity index (χ0n) is 19.8. The number of carbonyl (C=O) groups excluding carboxylic acids is 2. The number of hydrogen-bond donors (Lipinski definition) is 3. The first-order valence-corrected chi connectivity index (χ1v) is 11.8. The van der Waals surface area contributed by atoms with Crippen molar-refractivity contribution in [2.24, 2.45) is 28.6 Å². The molecule has 6 heteroatoms. The molecule has 0 radical (unpaired) electrons. The molecule has 0 unspecified atom stereocenters. The van der Waals surface area contributed by atoms with E-state index in [1.807, 2.05) is 6.92 Å². The van der Waals surface area contributed by atoms with E-state index in [9.17, 15) is 19.8 Å². The third-order valence-corrected chi connectivity index (χ3v) is 8.32. The largest absolute Gasteiger partial charge is 0.508 e. The van der Waals surface area contributed by atoms with Crippen LogP contribution in [0.4, 0.5) is 0 Å². The van der Waals surface area contributed by atoms with Crippen molar-refractivity contribution < 1.29 is 19.8 Å². The van der Waals surface area contributed by atoms with Crippen molar-refractivity contribution in [3.05, 3.63) is 53.9 Å². The van der Waals surface area contributed by atoms with Crippen molar-refractivity contribution in [3.8, 4) is 11.5 Å². The predicted octanol–water partition coefficient (Wildman–Crippen LogP) is 4.96. The lowest BCUT2D eigenvalue weighted by Crippen LogP contribution is -2.60. The Kier molecular flexibility index (Phi) is 5.97. The minimum absolute atomic E-state index is 0.0284. The number of nitrogens with zero attached hydrogens (tertiary/aromatic N) is 1. The van der Waals surface area contributed by atoms with Crippen molar-refractivity contribution in [1.82, 2.24) is 10.3 Å². The zero-order chi connectivity index (χ0) is 24.0. The molecule has 2 fully saturated rings. The molecule has 4 rings (SSSR count). The number of aromatic hydroxyl groups is 2. The van der Waals surface area contributed by atoms with Gasteiger partial charge in [0.25, 0.3) is 5.91 Å². The number of phenolic OH excluding ortho intramolecular Hbond substituents is 2. The van der Waals surface area contributed by atoms with Gasteiger partial charge in [-0.05, 0) is 66.2 Å². The molecule has 176 valence electrons. The highest BCUT2D eigenvalue weighted by Crippen LogP contribution is 2.61. The molecule has 2 aliphatic rings. The topological polar surface area (TPSA) is 99.5 Å². The molecule has 33 heavy (non-hydrogen) atoms. The minimum Gasteiger partial charge on any atom is -0.508 e. The lowest BCUT2D eigenvalue weighted by Gasteiger charge is -2.60. The molecule has 1 aromatic heterocycles. The summed E-state index contributed by atoms with van der Waals surface area (Å²) in [5.74, 6) is -0.818. The summed E-state index contributed by atoms with van der Waals surface area (Å²) < 4.78 is 0. The minimum atomic E-state index is -0.356. The number of carbonyl (C=O) groups is 2. The highest BCUT2D eigenvalue weighted by Gasteiger charge is 2.58. The summed E-state index contributed by atoms with van der Waals surface area (Å²) in [5, 5.41) is 23.2. The summed E-state index contributed by atoms with van der Waals surface area (Å²) in [6.45, 7) is 8.80. The summed E-state index contributed by atoms with van der Waals surface area (Å²) in [5.41, 5.74) is 0.456. The highest BCUT2D eigenvalue weighted by atomic mass is 16.3.